The Bertz CT molecular complexity index is 1190. The number of aromatic hydroxyl groups is 1. The predicted molar refractivity (Wildman–Crippen MR) is 120 cm³/mol. The van der Waals surface area contributed by atoms with E-state index in [-0.39, 0.29) is 23.4 Å². The Labute approximate surface area is 185 Å². The van der Waals surface area contributed by atoms with Crippen LogP contribution in [0.3, 0.4) is 0 Å². The lowest BCUT2D eigenvalue weighted by Crippen LogP contribution is -2.37. The number of H-pyrrole nitrogens is 1. The van der Waals surface area contributed by atoms with Crippen LogP contribution in [0.15, 0.2) is 53.3 Å². The van der Waals surface area contributed by atoms with Crippen molar-refractivity contribution in [3.63, 3.8) is 0 Å². The number of carbonyl (C=O) groups excluding carboxylic acids is 1. The van der Waals surface area contributed by atoms with E-state index in [0.29, 0.717) is 23.9 Å². The molecule has 2 aromatic carbocycles. The number of aromatic amines is 1. The first-order chi connectivity index (χ1) is 15.0. The van der Waals surface area contributed by atoms with Crippen LogP contribution < -0.4 is 5.56 Å². The highest BCUT2D eigenvalue weighted by Gasteiger charge is 2.23. The number of carbonyl (C=O) groups is 2. The Morgan fingerprint density at radius 3 is 2.34 bits per heavy atom. The zero-order valence-electron chi connectivity index (χ0n) is 18.2. The van der Waals surface area contributed by atoms with Gasteiger partial charge in [-0.2, -0.15) is 0 Å². The molecule has 1 aromatic heterocycles. The van der Waals surface area contributed by atoms with Crippen molar-refractivity contribution < 1.29 is 24.5 Å². The summed E-state index contributed by atoms with van der Waals surface area (Å²) >= 11 is 0. The maximum atomic E-state index is 12.8. The second kappa shape index (κ2) is 9.13. The average Bonchev–Trinajstić information content (AvgIpc) is 2.71. The normalized spacial score (nSPS) is 11.3. The topological polar surface area (TPSA) is 120 Å². The lowest BCUT2D eigenvalue weighted by molar-refractivity contribution is 0.0235. The molecule has 0 saturated heterocycles. The van der Waals surface area contributed by atoms with Crippen LogP contribution in [0.1, 0.15) is 42.3 Å². The van der Waals surface area contributed by atoms with Gasteiger partial charge in [-0.05, 0) is 62.6 Å². The van der Waals surface area contributed by atoms with Crippen molar-refractivity contribution in [1.82, 2.24) is 9.88 Å². The van der Waals surface area contributed by atoms with Crippen LogP contribution in [0, 0.1) is 0 Å². The standard InChI is InChI=1S/C24H26N2O6/c1-24(2,3)32-23(31)26(14-15-4-6-17(7-5-15)22(29)30)13-12-16-8-10-19(27)21-18(16)9-11-20(28)25-21/h4-11,27H,12-14H2,1-3H3,(H,25,28)(H,29,30). The number of pyridine rings is 1. The van der Waals surface area contributed by atoms with Crippen molar-refractivity contribution in [2.45, 2.75) is 39.3 Å². The van der Waals surface area contributed by atoms with E-state index >= 15 is 0 Å². The number of hydrogen-bond acceptors (Lipinski definition) is 5. The number of fused-ring (bicyclic) bond motifs is 1. The van der Waals surface area contributed by atoms with E-state index in [0.717, 1.165) is 11.1 Å². The summed E-state index contributed by atoms with van der Waals surface area (Å²) in [6.07, 6.45) is -0.0359. The van der Waals surface area contributed by atoms with Crippen molar-refractivity contribution in [2.24, 2.45) is 0 Å². The Morgan fingerprint density at radius 1 is 1.03 bits per heavy atom. The van der Waals surface area contributed by atoms with E-state index in [2.05, 4.69) is 4.98 Å². The third kappa shape index (κ3) is 5.66. The Balaban J connectivity index is 1.85. The number of ether oxygens (including phenoxy) is 1. The number of amides is 1. The number of phenols is 1. The van der Waals surface area contributed by atoms with Crippen LogP contribution in [-0.2, 0) is 17.7 Å². The number of phenolic OH excluding ortho intramolecular Hbond substituents is 1. The molecule has 3 aromatic rings. The number of nitrogens with zero attached hydrogens (tertiary/aromatic N) is 1. The van der Waals surface area contributed by atoms with Crippen LogP contribution in [0.5, 0.6) is 5.75 Å². The van der Waals surface area contributed by atoms with E-state index in [1.807, 2.05) is 0 Å². The predicted octanol–water partition coefficient (Wildman–Crippen LogP) is 3.91. The van der Waals surface area contributed by atoms with Gasteiger partial charge in [-0.1, -0.05) is 18.2 Å². The van der Waals surface area contributed by atoms with Gasteiger partial charge >= 0.3 is 12.1 Å². The van der Waals surface area contributed by atoms with Crippen molar-refractivity contribution in [1.29, 1.82) is 0 Å². The zero-order chi connectivity index (χ0) is 23.5. The molecule has 0 unspecified atom stereocenters. The van der Waals surface area contributed by atoms with E-state index in [1.54, 1.807) is 49.9 Å². The molecular formula is C24H26N2O6. The smallest absolute Gasteiger partial charge is 0.410 e. The molecule has 3 N–H and O–H groups in total. The first kappa shape index (κ1) is 22.9. The highest BCUT2D eigenvalue weighted by molar-refractivity contribution is 5.88. The Morgan fingerprint density at radius 2 is 1.72 bits per heavy atom. The van der Waals surface area contributed by atoms with Crippen LogP contribution in [-0.4, -0.2) is 44.3 Å². The van der Waals surface area contributed by atoms with E-state index < -0.39 is 17.7 Å². The molecule has 32 heavy (non-hydrogen) atoms. The van der Waals surface area contributed by atoms with E-state index in [1.165, 1.54) is 24.3 Å². The number of aromatic nitrogens is 1. The third-order valence-corrected chi connectivity index (χ3v) is 4.84. The summed E-state index contributed by atoms with van der Waals surface area (Å²) < 4.78 is 5.55. The number of aromatic carboxylic acids is 1. The molecule has 0 bridgehead atoms. The fourth-order valence-corrected chi connectivity index (χ4v) is 3.30. The average molecular weight is 438 g/mol. The second-order valence-corrected chi connectivity index (χ2v) is 8.51. The summed E-state index contributed by atoms with van der Waals surface area (Å²) in [4.78, 5) is 39.7. The molecule has 1 amide bonds. The summed E-state index contributed by atoms with van der Waals surface area (Å²) in [6, 6.07) is 12.6. The molecule has 0 aliphatic heterocycles. The minimum Gasteiger partial charge on any atom is -0.506 e. The second-order valence-electron chi connectivity index (χ2n) is 8.51. The first-order valence-corrected chi connectivity index (χ1v) is 10.2. The summed E-state index contributed by atoms with van der Waals surface area (Å²) in [6.45, 7) is 5.91. The van der Waals surface area contributed by atoms with Crippen LogP contribution in [0.2, 0.25) is 0 Å². The molecule has 1 heterocycles. The van der Waals surface area contributed by atoms with Crippen molar-refractivity contribution in [3.8, 4) is 5.75 Å². The fraction of sp³-hybridized carbons (Fsp3) is 0.292. The summed E-state index contributed by atoms with van der Waals surface area (Å²) in [5, 5.41) is 19.8. The first-order valence-electron chi connectivity index (χ1n) is 10.2. The molecule has 0 saturated carbocycles. The van der Waals surface area contributed by atoms with Gasteiger partial charge in [0.2, 0.25) is 5.56 Å². The number of carboxylic acids is 1. The Kier molecular flexibility index (Phi) is 6.53. The molecule has 0 spiro atoms. The summed E-state index contributed by atoms with van der Waals surface area (Å²) in [5.41, 5.74) is 1.15. The zero-order valence-corrected chi connectivity index (χ0v) is 18.2. The largest absolute Gasteiger partial charge is 0.506 e. The highest BCUT2D eigenvalue weighted by Crippen LogP contribution is 2.25. The van der Waals surface area contributed by atoms with E-state index in [9.17, 15) is 19.5 Å². The van der Waals surface area contributed by atoms with E-state index in [4.69, 9.17) is 9.84 Å². The van der Waals surface area contributed by atoms with Crippen LogP contribution in [0.25, 0.3) is 10.9 Å². The minimum atomic E-state index is -1.02. The number of benzene rings is 2. The van der Waals surface area contributed by atoms with Crippen molar-refractivity contribution in [3.05, 3.63) is 75.6 Å². The third-order valence-electron chi connectivity index (χ3n) is 4.84. The van der Waals surface area contributed by atoms with Gasteiger partial charge in [0.15, 0.2) is 0 Å². The van der Waals surface area contributed by atoms with Gasteiger partial charge in [-0.15, -0.1) is 0 Å². The lowest BCUT2D eigenvalue weighted by atomic mass is 10.0. The maximum absolute atomic E-state index is 12.8. The SMILES string of the molecule is CC(C)(C)OC(=O)N(CCc1ccc(O)c2[nH]c(=O)ccc12)Cc1ccc(C(=O)O)cc1. The van der Waals surface area contributed by atoms with Gasteiger partial charge in [0.1, 0.15) is 11.4 Å². The van der Waals surface area contributed by atoms with Crippen LogP contribution >= 0.6 is 0 Å². The minimum absolute atomic E-state index is 0.0241. The molecule has 0 radical (unpaired) electrons. The van der Waals surface area contributed by atoms with Crippen molar-refractivity contribution >= 4 is 23.0 Å². The lowest BCUT2D eigenvalue weighted by Gasteiger charge is -2.28. The van der Waals surface area contributed by atoms with Gasteiger partial charge in [0, 0.05) is 24.5 Å². The molecule has 0 atom stereocenters. The summed E-state index contributed by atoms with van der Waals surface area (Å²) in [5.74, 6) is -1.04. The van der Waals surface area contributed by atoms with Gasteiger partial charge in [-0.25, -0.2) is 9.59 Å². The molecule has 0 aliphatic carbocycles. The molecule has 8 nitrogen and oxygen atoms in total. The molecule has 0 fully saturated rings. The number of rotatable bonds is 6. The molecule has 168 valence electrons. The van der Waals surface area contributed by atoms with Crippen LogP contribution in [0.4, 0.5) is 4.79 Å². The van der Waals surface area contributed by atoms with Gasteiger partial charge in [0.25, 0.3) is 0 Å². The number of nitrogens with one attached hydrogen (secondary N) is 1. The monoisotopic (exact) mass is 438 g/mol. The van der Waals surface area contributed by atoms with Gasteiger partial charge in [-0.3, -0.25) is 4.79 Å². The highest BCUT2D eigenvalue weighted by atomic mass is 16.6. The molecule has 3 rings (SSSR count). The quantitative estimate of drug-likeness (QED) is 0.537. The van der Waals surface area contributed by atoms with Crippen molar-refractivity contribution in [2.75, 3.05) is 6.54 Å². The maximum Gasteiger partial charge on any atom is 0.410 e. The number of carboxylic acid groups (broad SMARTS) is 1. The molecule has 0 aliphatic rings. The van der Waals surface area contributed by atoms with Gasteiger partial charge in [0.05, 0.1) is 11.1 Å². The molecular weight excluding hydrogens is 412 g/mol. The summed E-state index contributed by atoms with van der Waals surface area (Å²) in [7, 11) is 0. The van der Waals surface area contributed by atoms with Gasteiger partial charge < -0.3 is 24.8 Å². The Hall–Kier alpha value is -3.81. The fourth-order valence-electron chi connectivity index (χ4n) is 3.30. The molecule has 8 heteroatoms. The number of hydrogen-bond donors (Lipinski definition) is 3.